The first-order chi connectivity index (χ1) is 16.2. The molecule has 1 heterocycles. The van der Waals surface area contributed by atoms with Crippen LogP contribution in [0.2, 0.25) is 0 Å². The highest BCUT2D eigenvalue weighted by atomic mass is 32.2. The first kappa shape index (κ1) is 23.5. The van der Waals surface area contributed by atoms with Crippen LogP contribution in [0, 0.1) is 13.8 Å². The minimum absolute atomic E-state index is 0.123. The fourth-order valence-electron chi connectivity index (χ4n) is 3.46. The van der Waals surface area contributed by atoms with Gasteiger partial charge in [-0.05, 0) is 65.4 Å². The Bertz CT molecular complexity index is 1480. The standard InChI is InChI=1S/C25H23N3O4S2/c1-16-7-5-10-21(17(16)2)27-23(29)15-26-25(30)20-13-18-8-3-4-9-19(18)14-22(20)28-34(31,32)24-11-6-12-33-24/h3-14,28H,15H2,1-2H3,(H,26,30)(H,27,29). The lowest BCUT2D eigenvalue weighted by Crippen LogP contribution is -2.33. The molecule has 0 spiro atoms. The Morgan fingerprint density at radius 2 is 1.62 bits per heavy atom. The molecule has 34 heavy (non-hydrogen) atoms. The third kappa shape index (κ3) is 5.11. The predicted octanol–water partition coefficient (Wildman–Crippen LogP) is 4.69. The molecule has 0 aliphatic rings. The molecular weight excluding hydrogens is 470 g/mol. The summed E-state index contributed by atoms with van der Waals surface area (Å²) in [4.78, 5) is 25.5. The van der Waals surface area contributed by atoms with Gasteiger partial charge in [0.05, 0.1) is 17.8 Å². The van der Waals surface area contributed by atoms with E-state index in [1.807, 2.05) is 50.2 Å². The summed E-state index contributed by atoms with van der Waals surface area (Å²) >= 11 is 1.08. The minimum Gasteiger partial charge on any atom is -0.343 e. The van der Waals surface area contributed by atoms with Crippen molar-refractivity contribution in [2.45, 2.75) is 18.1 Å². The van der Waals surface area contributed by atoms with Crippen LogP contribution >= 0.6 is 11.3 Å². The monoisotopic (exact) mass is 493 g/mol. The van der Waals surface area contributed by atoms with Crippen LogP contribution in [-0.4, -0.2) is 26.8 Å². The molecule has 0 atom stereocenters. The summed E-state index contributed by atoms with van der Waals surface area (Å²) < 4.78 is 28.3. The Hall–Kier alpha value is -3.69. The number of aryl methyl sites for hydroxylation is 1. The maximum absolute atomic E-state index is 13.0. The van der Waals surface area contributed by atoms with Gasteiger partial charge in [-0.1, -0.05) is 42.5 Å². The summed E-state index contributed by atoms with van der Waals surface area (Å²) in [7, 11) is -3.87. The van der Waals surface area contributed by atoms with Crippen LogP contribution in [0.3, 0.4) is 0 Å². The van der Waals surface area contributed by atoms with Crippen molar-refractivity contribution >= 4 is 55.3 Å². The van der Waals surface area contributed by atoms with Crippen molar-refractivity contribution in [1.82, 2.24) is 5.32 Å². The summed E-state index contributed by atoms with van der Waals surface area (Å²) in [6.07, 6.45) is 0. The maximum Gasteiger partial charge on any atom is 0.271 e. The van der Waals surface area contributed by atoms with Crippen LogP contribution in [0.5, 0.6) is 0 Å². The van der Waals surface area contributed by atoms with Crippen molar-refractivity contribution in [1.29, 1.82) is 0 Å². The van der Waals surface area contributed by atoms with E-state index in [4.69, 9.17) is 0 Å². The number of hydrogen-bond donors (Lipinski definition) is 3. The van der Waals surface area contributed by atoms with Crippen LogP contribution < -0.4 is 15.4 Å². The summed E-state index contributed by atoms with van der Waals surface area (Å²) in [6.45, 7) is 3.59. The molecule has 174 valence electrons. The van der Waals surface area contributed by atoms with Crippen molar-refractivity contribution in [2.24, 2.45) is 0 Å². The number of benzene rings is 3. The van der Waals surface area contributed by atoms with Gasteiger partial charge in [-0.3, -0.25) is 14.3 Å². The van der Waals surface area contributed by atoms with Gasteiger partial charge in [0.15, 0.2) is 0 Å². The van der Waals surface area contributed by atoms with Crippen molar-refractivity contribution < 1.29 is 18.0 Å². The molecule has 1 aromatic heterocycles. The molecule has 7 nitrogen and oxygen atoms in total. The van der Waals surface area contributed by atoms with Gasteiger partial charge in [-0.25, -0.2) is 8.42 Å². The minimum atomic E-state index is -3.87. The second kappa shape index (κ2) is 9.66. The normalized spacial score (nSPS) is 11.2. The van der Waals surface area contributed by atoms with E-state index in [-0.39, 0.29) is 27.9 Å². The molecule has 4 rings (SSSR count). The first-order valence-corrected chi connectivity index (χ1v) is 12.8. The topological polar surface area (TPSA) is 104 Å². The number of nitrogens with one attached hydrogen (secondary N) is 3. The summed E-state index contributed by atoms with van der Waals surface area (Å²) in [5.41, 5.74) is 2.93. The third-order valence-corrected chi connectivity index (χ3v) is 8.19. The highest BCUT2D eigenvalue weighted by Gasteiger charge is 2.21. The number of fused-ring (bicyclic) bond motifs is 1. The average Bonchev–Trinajstić information content (AvgIpc) is 3.36. The lowest BCUT2D eigenvalue weighted by atomic mass is 10.0. The van der Waals surface area contributed by atoms with E-state index in [1.165, 1.54) is 6.07 Å². The number of sulfonamides is 1. The van der Waals surface area contributed by atoms with Gasteiger partial charge in [-0.15, -0.1) is 11.3 Å². The van der Waals surface area contributed by atoms with Crippen LogP contribution in [0.1, 0.15) is 21.5 Å². The molecule has 4 aromatic rings. The molecule has 0 aliphatic carbocycles. The molecule has 3 N–H and O–H groups in total. The Labute approximate surface area is 201 Å². The molecule has 0 saturated heterocycles. The third-order valence-electron chi connectivity index (χ3n) is 5.42. The van der Waals surface area contributed by atoms with E-state index in [1.54, 1.807) is 29.6 Å². The number of amides is 2. The molecule has 0 bridgehead atoms. The number of carbonyl (C=O) groups excluding carboxylic acids is 2. The van der Waals surface area contributed by atoms with Crippen LogP contribution in [0.15, 0.2) is 76.3 Å². The smallest absolute Gasteiger partial charge is 0.271 e. The predicted molar refractivity (Wildman–Crippen MR) is 136 cm³/mol. The second-order valence-corrected chi connectivity index (χ2v) is 10.6. The van der Waals surface area contributed by atoms with E-state index in [0.717, 1.165) is 33.2 Å². The lowest BCUT2D eigenvalue weighted by molar-refractivity contribution is -0.115. The van der Waals surface area contributed by atoms with Crippen molar-refractivity contribution in [2.75, 3.05) is 16.6 Å². The van der Waals surface area contributed by atoms with Gasteiger partial charge in [0.1, 0.15) is 4.21 Å². The van der Waals surface area contributed by atoms with Gasteiger partial charge in [0, 0.05) is 5.69 Å². The fourth-order valence-corrected chi connectivity index (χ4v) is 5.52. The quantitative estimate of drug-likeness (QED) is 0.347. The number of thiophene rings is 1. The average molecular weight is 494 g/mol. The van der Waals surface area contributed by atoms with E-state index in [0.29, 0.717) is 5.69 Å². The Morgan fingerprint density at radius 3 is 2.32 bits per heavy atom. The lowest BCUT2D eigenvalue weighted by Gasteiger charge is -2.14. The van der Waals surface area contributed by atoms with Gasteiger partial charge in [0.25, 0.3) is 15.9 Å². The summed E-state index contributed by atoms with van der Waals surface area (Å²) in [5.74, 6) is -0.950. The molecule has 0 unspecified atom stereocenters. The molecule has 0 aliphatic heterocycles. The molecule has 0 radical (unpaired) electrons. The van der Waals surface area contributed by atoms with E-state index >= 15 is 0 Å². The van der Waals surface area contributed by atoms with E-state index < -0.39 is 15.9 Å². The molecule has 9 heteroatoms. The Morgan fingerprint density at radius 1 is 0.882 bits per heavy atom. The molecule has 0 fully saturated rings. The SMILES string of the molecule is Cc1cccc(NC(=O)CNC(=O)c2cc3ccccc3cc2NS(=O)(=O)c2cccs2)c1C. The molecule has 2 amide bonds. The summed E-state index contributed by atoms with van der Waals surface area (Å²) in [6, 6.07) is 19.3. The zero-order valence-electron chi connectivity index (χ0n) is 18.6. The van der Waals surface area contributed by atoms with Crippen LogP contribution in [0.25, 0.3) is 10.8 Å². The second-order valence-electron chi connectivity index (χ2n) is 7.76. The summed E-state index contributed by atoms with van der Waals surface area (Å²) in [5, 5.41) is 8.60. The zero-order valence-corrected chi connectivity index (χ0v) is 20.2. The van der Waals surface area contributed by atoms with Gasteiger partial charge in [0.2, 0.25) is 5.91 Å². The van der Waals surface area contributed by atoms with Gasteiger partial charge < -0.3 is 10.6 Å². The largest absolute Gasteiger partial charge is 0.343 e. The van der Waals surface area contributed by atoms with Gasteiger partial charge >= 0.3 is 0 Å². The van der Waals surface area contributed by atoms with Gasteiger partial charge in [-0.2, -0.15) is 0 Å². The van der Waals surface area contributed by atoms with Crippen molar-refractivity contribution in [3.8, 4) is 0 Å². The number of rotatable bonds is 7. The van der Waals surface area contributed by atoms with Crippen LogP contribution in [-0.2, 0) is 14.8 Å². The van der Waals surface area contributed by atoms with E-state index in [2.05, 4.69) is 15.4 Å². The number of hydrogen-bond acceptors (Lipinski definition) is 5. The maximum atomic E-state index is 13.0. The van der Waals surface area contributed by atoms with Crippen molar-refractivity contribution in [3.05, 3.63) is 88.8 Å². The highest BCUT2D eigenvalue weighted by Crippen LogP contribution is 2.28. The van der Waals surface area contributed by atoms with Crippen molar-refractivity contribution in [3.63, 3.8) is 0 Å². The van der Waals surface area contributed by atoms with Crippen LogP contribution in [0.4, 0.5) is 11.4 Å². The van der Waals surface area contributed by atoms with E-state index in [9.17, 15) is 18.0 Å². The molecule has 0 saturated carbocycles. The Balaban J connectivity index is 1.57. The zero-order chi connectivity index (χ0) is 24.3. The number of carbonyl (C=O) groups is 2. The highest BCUT2D eigenvalue weighted by molar-refractivity contribution is 7.94. The molecular formula is C25H23N3O4S2. The number of anilines is 2. The molecule has 3 aromatic carbocycles. The Kier molecular flexibility index (Phi) is 6.67. The first-order valence-electron chi connectivity index (χ1n) is 10.5. The fraction of sp³-hybridized carbons (Fsp3) is 0.120.